The van der Waals surface area contributed by atoms with Crippen molar-refractivity contribution in [3.63, 3.8) is 0 Å². The number of nitrogens with one attached hydrogen (secondary N) is 1. The van der Waals surface area contributed by atoms with E-state index in [0.29, 0.717) is 6.04 Å². The molecule has 0 spiro atoms. The van der Waals surface area contributed by atoms with Crippen LogP contribution < -0.4 is 5.32 Å². The van der Waals surface area contributed by atoms with Gasteiger partial charge in [-0.05, 0) is 69.3 Å². The molecule has 0 aromatic heterocycles. The van der Waals surface area contributed by atoms with E-state index in [9.17, 15) is 4.79 Å². The Morgan fingerprint density at radius 1 is 0.957 bits per heavy atom. The van der Waals surface area contributed by atoms with E-state index < -0.39 is 0 Å². The maximum absolute atomic E-state index is 11.6. The third kappa shape index (κ3) is 6.31. The molecule has 1 amide bonds. The highest BCUT2D eigenvalue weighted by Gasteiger charge is 2.30. The van der Waals surface area contributed by atoms with Gasteiger partial charge in [0, 0.05) is 6.04 Å². The highest BCUT2D eigenvalue weighted by Crippen LogP contribution is 2.41. The molecule has 2 aliphatic rings. The number of allylic oxidation sites excluding steroid dienone is 1. The van der Waals surface area contributed by atoms with Crippen molar-refractivity contribution in [2.45, 2.75) is 96.9 Å². The maximum atomic E-state index is 11.6. The van der Waals surface area contributed by atoms with E-state index in [1.807, 2.05) is 13.0 Å². The summed E-state index contributed by atoms with van der Waals surface area (Å²) < 4.78 is 0. The Balaban J connectivity index is 1.63. The predicted molar refractivity (Wildman–Crippen MR) is 98.3 cm³/mol. The minimum atomic E-state index is 0.0866. The number of amides is 1. The molecule has 0 unspecified atom stereocenters. The summed E-state index contributed by atoms with van der Waals surface area (Å²) in [7, 11) is 0. The van der Waals surface area contributed by atoms with Crippen LogP contribution in [0.15, 0.2) is 12.2 Å². The lowest BCUT2D eigenvalue weighted by molar-refractivity contribution is -0.117. The summed E-state index contributed by atoms with van der Waals surface area (Å²) in [5.74, 6) is 3.02. The zero-order valence-corrected chi connectivity index (χ0v) is 15.4. The topological polar surface area (TPSA) is 29.1 Å². The molecule has 0 aliphatic heterocycles. The Kier molecular flexibility index (Phi) is 8.19. The Labute approximate surface area is 143 Å². The third-order valence-electron chi connectivity index (χ3n) is 6.21. The second kappa shape index (κ2) is 10.2. The molecule has 1 N–H and O–H groups in total. The van der Waals surface area contributed by atoms with Crippen LogP contribution in [-0.4, -0.2) is 11.9 Å². The molecule has 23 heavy (non-hydrogen) atoms. The molecular weight excluding hydrogens is 282 g/mol. The molecule has 0 atom stereocenters. The molecule has 2 nitrogen and oxygen atoms in total. The molecule has 2 saturated carbocycles. The zero-order valence-electron chi connectivity index (χ0n) is 15.4. The van der Waals surface area contributed by atoms with Crippen LogP contribution in [0, 0.1) is 17.8 Å². The summed E-state index contributed by atoms with van der Waals surface area (Å²) in [6.45, 7) is 4.20. The summed E-state index contributed by atoms with van der Waals surface area (Å²) in [4.78, 5) is 11.6. The number of unbranched alkanes of at least 4 members (excludes halogenated alkanes) is 2. The monoisotopic (exact) mass is 319 g/mol. The number of carbonyl (C=O) groups excluding carboxylic acids is 1. The quantitative estimate of drug-likeness (QED) is 0.478. The molecule has 0 bridgehead atoms. The molecule has 0 radical (unpaired) electrons. The minimum absolute atomic E-state index is 0.0866. The van der Waals surface area contributed by atoms with E-state index in [0.717, 1.165) is 17.8 Å². The van der Waals surface area contributed by atoms with Crippen LogP contribution in [0.1, 0.15) is 90.9 Å². The number of rotatable bonds is 7. The molecule has 0 aromatic carbocycles. The van der Waals surface area contributed by atoms with Gasteiger partial charge in [0.15, 0.2) is 0 Å². The van der Waals surface area contributed by atoms with E-state index in [1.54, 1.807) is 6.08 Å². The van der Waals surface area contributed by atoms with Gasteiger partial charge in [-0.15, -0.1) is 0 Å². The van der Waals surface area contributed by atoms with Gasteiger partial charge in [0.2, 0.25) is 5.91 Å². The summed E-state index contributed by atoms with van der Waals surface area (Å²) in [5, 5.41) is 3.15. The third-order valence-corrected chi connectivity index (χ3v) is 6.21. The van der Waals surface area contributed by atoms with Crippen molar-refractivity contribution in [3.05, 3.63) is 12.2 Å². The molecule has 2 aliphatic carbocycles. The molecule has 2 fully saturated rings. The van der Waals surface area contributed by atoms with E-state index in [4.69, 9.17) is 0 Å². The number of hydrogen-bond donors (Lipinski definition) is 1. The van der Waals surface area contributed by atoms with Gasteiger partial charge < -0.3 is 5.32 Å². The minimum Gasteiger partial charge on any atom is -0.350 e. The van der Waals surface area contributed by atoms with Crippen molar-refractivity contribution < 1.29 is 4.79 Å². The lowest BCUT2D eigenvalue weighted by Crippen LogP contribution is -2.38. The van der Waals surface area contributed by atoms with Crippen molar-refractivity contribution in [2.24, 2.45) is 17.8 Å². The smallest absolute Gasteiger partial charge is 0.243 e. The molecule has 0 saturated heterocycles. The van der Waals surface area contributed by atoms with Crippen molar-refractivity contribution >= 4 is 5.91 Å². The summed E-state index contributed by atoms with van der Waals surface area (Å²) in [6, 6.07) is 0.417. The fourth-order valence-corrected chi connectivity index (χ4v) is 4.77. The number of hydrogen-bond acceptors (Lipinski definition) is 1. The van der Waals surface area contributed by atoms with Gasteiger partial charge >= 0.3 is 0 Å². The van der Waals surface area contributed by atoms with E-state index >= 15 is 0 Å². The first-order chi connectivity index (χ1) is 11.2. The molecule has 0 aromatic rings. The lowest BCUT2D eigenvalue weighted by atomic mass is 9.69. The normalized spacial score (nSPS) is 32.1. The Bertz CT molecular complexity index is 360. The van der Waals surface area contributed by atoms with Crippen molar-refractivity contribution in [1.82, 2.24) is 5.32 Å². The summed E-state index contributed by atoms with van der Waals surface area (Å²) >= 11 is 0. The number of carbonyl (C=O) groups is 1. The Morgan fingerprint density at radius 2 is 1.57 bits per heavy atom. The van der Waals surface area contributed by atoms with E-state index in [-0.39, 0.29) is 5.91 Å². The molecule has 0 heterocycles. The van der Waals surface area contributed by atoms with Gasteiger partial charge in [-0.3, -0.25) is 4.79 Å². The zero-order chi connectivity index (χ0) is 16.5. The molecular formula is C21H37NO. The van der Waals surface area contributed by atoms with Gasteiger partial charge in [-0.2, -0.15) is 0 Å². The van der Waals surface area contributed by atoms with Crippen LogP contribution >= 0.6 is 0 Å². The summed E-state index contributed by atoms with van der Waals surface area (Å²) in [5.41, 5.74) is 0. The highest BCUT2D eigenvalue weighted by molar-refractivity contribution is 5.87. The van der Waals surface area contributed by atoms with Crippen LogP contribution in [0.5, 0.6) is 0 Å². The highest BCUT2D eigenvalue weighted by atomic mass is 16.1. The molecule has 2 heteroatoms. The van der Waals surface area contributed by atoms with Gasteiger partial charge in [0.25, 0.3) is 0 Å². The first-order valence-corrected chi connectivity index (χ1v) is 10.2. The van der Waals surface area contributed by atoms with Crippen LogP contribution in [0.25, 0.3) is 0 Å². The Morgan fingerprint density at radius 3 is 2.13 bits per heavy atom. The fraction of sp³-hybridized carbons (Fsp3) is 0.857. The van der Waals surface area contributed by atoms with Gasteiger partial charge in [-0.25, -0.2) is 0 Å². The van der Waals surface area contributed by atoms with Gasteiger partial charge in [0.1, 0.15) is 0 Å². The van der Waals surface area contributed by atoms with Crippen molar-refractivity contribution in [1.29, 1.82) is 0 Å². The lowest BCUT2D eigenvalue weighted by Gasteiger charge is -2.38. The first-order valence-electron chi connectivity index (χ1n) is 10.2. The van der Waals surface area contributed by atoms with Crippen molar-refractivity contribution in [3.8, 4) is 0 Å². The van der Waals surface area contributed by atoms with Crippen molar-refractivity contribution in [2.75, 3.05) is 0 Å². The fourth-order valence-electron chi connectivity index (χ4n) is 4.77. The predicted octanol–water partition coefficient (Wildman–Crippen LogP) is 5.62. The van der Waals surface area contributed by atoms with Crippen LogP contribution in [0.2, 0.25) is 0 Å². The largest absolute Gasteiger partial charge is 0.350 e. The second-order valence-corrected chi connectivity index (χ2v) is 7.90. The maximum Gasteiger partial charge on any atom is 0.243 e. The second-order valence-electron chi connectivity index (χ2n) is 7.90. The first kappa shape index (κ1) is 18.5. The average Bonchev–Trinajstić information content (AvgIpc) is 2.57. The van der Waals surface area contributed by atoms with E-state index in [1.165, 1.54) is 77.0 Å². The average molecular weight is 320 g/mol. The summed E-state index contributed by atoms with van der Waals surface area (Å²) in [6.07, 6.45) is 20.1. The SMILES string of the molecule is C/C=C/C(=O)NC1CCC(C2CCC(CCCCC)CC2)CC1. The van der Waals surface area contributed by atoms with Gasteiger partial charge in [-0.1, -0.05) is 51.5 Å². The molecule has 2 rings (SSSR count). The Hall–Kier alpha value is -0.790. The van der Waals surface area contributed by atoms with Crippen LogP contribution in [0.3, 0.4) is 0 Å². The van der Waals surface area contributed by atoms with E-state index in [2.05, 4.69) is 12.2 Å². The van der Waals surface area contributed by atoms with Gasteiger partial charge in [0.05, 0.1) is 0 Å². The van der Waals surface area contributed by atoms with Crippen LogP contribution in [-0.2, 0) is 4.79 Å². The van der Waals surface area contributed by atoms with Crippen LogP contribution in [0.4, 0.5) is 0 Å². The molecule has 132 valence electrons. The standard InChI is InChI=1S/C21H37NO/c1-3-5-6-8-17-9-11-18(12-10-17)19-13-15-20(16-14-19)22-21(23)7-4-2/h4,7,17-20H,3,5-6,8-16H2,1-2H3,(H,22,23)/b7-4+.